The number of hydrogen-bond donors (Lipinski definition) is 1. The van der Waals surface area contributed by atoms with E-state index in [1.807, 2.05) is 31.2 Å². The molecule has 0 spiro atoms. The molecule has 16 heavy (non-hydrogen) atoms. The summed E-state index contributed by atoms with van der Waals surface area (Å²) in [6.07, 6.45) is 0. The van der Waals surface area contributed by atoms with Crippen molar-refractivity contribution in [3.05, 3.63) is 42.0 Å². The topological polar surface area (TPSA) is 54.4 Å². The Morgan fingerprint density at radius 2 is 1.81 bits per heavy atom. The van der Waals surface area contributed by atoms with Crippen molar-refractivity contribution < 1.29 is 13.0 Å². The van der Waals surface area contributed by atoms with E-state index in [0.717, 1.165) is 27.3 Å². The first-order valence-corrected chi connectivity index (χ1v) is 6.87. The van der Waals surface area contributed by atoms with Crippen molar-refractivity contribution in [1.29, 1.82) is 0 Å². The first-order valence-electron chi connectivity index (χ1n) is 4.62. The van der Waals surface area contributed by atoms with Crippen molar-refractivity contribution in [2.45, 2.75) is 11.1 Å². The molecule has 3 nitrogen and oxygen atoms in total. The monoisotopic (exact) mass is 254 g/mol. The third-order valence-corrected chi connectivity index (χ3v) is 4.69. The molecular weight excluding hydrogens is 244 g/mol. The van der Waals surface area contributed by atoms with Crippen LogP contribution in [0, 0.1) is 6.92 Å². The smallest absolute Gasteiger partial charge is 0.281 e. The summed E-state index contributed by atoms with van der Waals surface area (Å²) in [4.78, 5) is 0.839. The Morgan fingerprint density at radius 3 is 2.38 bits per heavy atom. The van der Waals surface area contributed by atoms with Crippen molar-refractivity contribution >= 4 is 21.5 Å². The highest BCUT2D eigenvalue weighted by Crippen LogP contribution is 2.32. The molecule has 0 atom stereocenters. The van der Waals surface area contributed by atoms with Crippen molar-refractivity contribution in [3.63, 3.8) is 0 Å². The summed E-state index contributed by atoms with van der Waals surface area (Å²) >= 11 is 1.07. The lowest BCUT2D eigenvalue weighted by Gasteiger charge is -2.01. The molecule has 1 aromatic heterocycles. The van der Waals surface area contributed by atoms with Crippen LogP contribution in [0.2, 0.25) is 0 Å². The lowest BCUT2D eigenvalue weighted by atomic mass is 10.1. The minimum absolute atomic E-state index is 0.0225. The van der Waals surface area contributed by atoms with E-state index in [1.54, 1.807) is 6.07 Å². The first kappa shape index (κ1) is 11.3. The second kappa shape index (κ2) is 4.01. The van der Waals surface area contributed by atoms with Gasteiger partial charge in [-0.25, -0.2) is 0 Å². The lowest BCUT2D eigenvalue weighted by molar-refractivity contribution is 0.485. The van der Waals surface area contributed by atoms with Crippen LogP contribution >= 0.6 is 11.3 Å². The fourth-order valence-electron chi connectivity index (χ4n) is 1.45. The maximum absolute atomic E-state index is 10.9. The molecule has 0 fully saturated rings. The maximum atomic E-state index is 10.9. The van der Waals surface area contributed by atoms with Gasteiger partial charge in [-0.15, -0.1) is 11.3 Å². The second-order valence-electron chi connectivity index (χ2n) is 3.41. The fourth-order valence-corrected chi connectivity index (χ4v) is 3.21. The standard InChI is InChI=1S/C11H10O3S2/c1-8-4-2-3-5-9(8)10-6-7-11(15-10)16(12,13)14/h2-7H,1H3,(H,12,13,14). The number of aryl methyl sites for hydroxylation is 1. The van der Waals surface area contributed by atoms with Gasteiger partial charge in [-0.2, -0.15) is 8.42 Å². The number of thiophene rings is 1. The molecule has 2 aromatic rings. The Hall–Kier alpha value is -1.17. The molecule has 0 saturated carbocycles. The van der Waals surface area contributed by atoms with Gasteiger partial charge in [-0.1, -0.05) is 24.3 Å². The zero-order valence-electron chi connectivity index (χ0n) is 8.54. The molecule has 1 N–H and O–H groups in total. The molecule has 0 aliphatic rings. The summed E-state index contributed by atoms with van der Waals surface area (Å²) in [6.45, 7) is 1.96. The van der Waals surface area contributed by atoms with Crippen molar-refractivity contribution in [2.75, 3.05) is 0 Å². The molecule has 0 amide bonds. The third kappa shape index (κ3) is 2.16. The first-order chi connectivity index (χ1) is 7.48. The van der Waals surface area contributed by atoms with Gasteiger partial charge < -0.3 is 0 Å². The van der Waals surface area contributed by atoms with Gasteiger partial charge in [0, 0.05) is 4.88 Å². The van der Waals surface area contributed by atoms with Crippen molar-refractivity contribution in [2.24, 2.45) is 0 Å². The van der Waals surface area contributed by atoms with Gasteiger partial charge in [-0.05, 0) is 30.2 Å². The van der Waals surface area contributed by atoms with E-state index in [9.17, 15) is 8.42 Å². The van der Waals surface area contributed by atoms with Crippen LogP contribution in [-0.2, 0) is 10.1 Å². The van der Waals surface area contributed by atoms with Gasteiger partial charge in [0.1, 0.15) is 4.21 Å². The Balaban J connectivity index is 2.52. The Morgan fingerprint density at radius 1 is 1.12 bits per heavy atom. The summed E-state index contributed by atoms with van der Waals surface area (Å²) in [5.74, 6) is 0. The average Bonchev–Trinajstić information content (AvgIpc) is 2.66. The molecule has 1 aromatic carbocycles. The van der Waals surface area contributed by atoms with E-state index >= 15 is 0 Å². The van der Waals surface area contributed by atoms with E-state index in [1.165, 1.54) is 6.07 Å². The van der Waals surface area contributed by atoms with E-state index in [4.69, 9.17) is 4.55 Å². The minimum atomic E-state index is -4.08. The molecule has 0 bridgehead atoms. The number of hydrogen-bond acceptors (Lipinski definition) is 3. The van der Waals surface area contributed by atoms with Crippen LogP contribution in [0.15, 0.2) is 40.6 Å². The molecule has 84 valence electrons. The number of rotatable bonds is 2. The zero-order chi connectivity index (χ0) is 11.8. The molecule has 5 heteroatoms. The average molecular weight is 254 g/mol. The molecule has 0 saturated heterocycles. The summed E-state index contributed by atoms with van der Waals surface area (Å²) < 4.78 is 30.7. The van der Waals surface area contributed by atoms with Crippen LogP contribution in [0.3, 0.4) is 0 Å². The van der Waals surface area contributed by atoms with E-state index in [0.29, 0.717) is 0 Å². The Bertz CT molecular complexity index is 612. The van der Waals surface area contributed by atoms with Gasteiger partial charge in [0.2, 0.25) is 0 Å². The Kier molecular flexibility index (Phi) is 2.84. The van der Waals surface area contributed by atoms with Gasteiger partial charge in [-0.3, -0.25) is 4.55 Å². The molecule has 0 aliphatic heterocycles. The highest BCUT2D eigenvalue weighted by Gasteiger charge is 2.14. The summed E-state index contributed by atoms with van der Waals surface area (Å²) in [6, 6.07) is 10.8. The van der Waals surface area contributed by atoms with Crippen LogP contribution in [0.4, 0.5) is 0 Å². The molecule has 2 rings (SSSR count). The molecule has 1 heterocycles. The van der Waals surface area contributed by atoms with Crippen LogP contribution in [0.1, 0.15) is 5.56 Å². The summed E-state index contributed by atoms with van der Waals surface area (Å²) in [5, 5.41) is 0. The van der Waals surface area contributed by atoms with Crippen LogP contribution < -0.4 is 0 Å². The van der Waals surface area contributed by atoms with Gasteiger partial charge in [0.15, 0.2) is 0 Å². The predicted molar refractivity (Wildman–Crippen MR) is 64.3 cm³/mol. The second-order valence-corrected chi connectivity index (χ2v) is 6.14. The van der Waals surface area contributed by atoms with Crippen molar-refractivity contribution in [3.8, 4) is 10.4 Å². The van der Waals surface area contributed by atoms with E-state index in [-0.39, 0.29) is 4.21 Å². The zero-order valence-corrected chi connectivity index (χ0v) is 10.2. The van der Waals surface area contributed by atoms with Crippen molar-refractivity contribution in [1.82, 2.24) is 0 Å². The predicted octanol–water partition coefficient (Wildman–Crippen LogP) is 2.97. The summed E-state index contributed by atoms with van der Waals surface area (Å²) in [7, 11) is -4.08. The van der Waals surface area contributed by atoms with E-state index in [2.05, 4.69) is 0 Å². The van der Waals surface area contributed by atoms with Crippen LogP contribution in [0.5, 0.6) is 0 Å². The lowest BCUT2D eigenvalue weighted by Crippen LogP contribution is -1.93. The van der Waals surface area contributed by atoms with Gasteiger partial charge >= 0.3 is 10.1 Å². The molecule has 0 unspecified atom stereocenters. The van der Waals surface area contributed by atoms with Crippen LogP contribution in [-0.4, -0.2) is 13.0 Å². The SMILES string of the molecule is Cc1ccccc1-c1ccc(S(=O)(=O)O)s1. The Labute approximate surface area is 98.1 Å². The quantitative estimate of drug-likeness (QED) is 0.838. The molecular formula is C11H10O3S2. The minimum Gasteiger partial charge on any atom is -0.281 e. The summed E-state index contributed by atoms with van der Waals surface area (Å²) in [5.41, 5.74) is 2.06. The molecule has 0 radical (unpaired) electrons. The number of benzene rings is 1. The highest BCUT2D eigenvalue weighted by molar-refractivity contribution is 7.88. The van der Waals surface area contributed by atoms with Gasteiger partial charge in [0.25, 0.3) is 0 Å². The third-order valence-electron chi connectivity index (χ3n) is 2.25. The largest absolute Gasteiger partial charge is 0.304 e. The normalized spacial score (nSPS) is 11.6. The van der Waals surface area contributed by atoms with Gasteiger partial charge in [0.05, 0.1) is 0 Å². The van der Waals surface area contributed by atoms with Crippen LogP contribution in [0.25, 0.3) is 10.4 Å². The highest BCUT2D eigenvalue weighted by atomic mass is 32.3. The fraction of sp³-hybridized carbons (Fsp3) is 0.0909. The van der Waals surface area contributed by atoms with E-state index < -0.39 is 10.1 Å². The molecule has 0 aliphatic carbocycles. The maximum Gasteiger partial charge on any atom is 0.304 e.